The first kappa shape index (κ1) is 16.6. The van der Waals surface area contributed by atoms with Crippen LogP contribution in [0.1, 0.15) is 18.4 Å². The summed E-state index contributed by atoms with van der Waals surface area (Å²) >= 11 is 0. The minimum Gasteiger partial charge on any atom is -0.352 e. The molecular formula is C18H15F3N4O. The Morgan fingerprint density at radius 2 is 2.00 bits per heavy atom. The van der Waals surface area contributed by atoms with Crippen molar-refractivity contribution in [2.45, 2.75) is 31.6 Å². The Labute approximate surface area is 146 Å². The molecule has 2 heterocycles. The van der Waals surface area contributed by atoms with E-state index in [4.69, 9.17) is 0 Å². The van der Waals surface area contributed by atoms with E-state index in [0.29, 0.717) is 22.2 Å². The zero-order valence-corrected chi connectivity index (χ0v) is 13.6. The van der Waals surface area contributed by atoms with Crippen LogP contribution < -0.4 is 5.32 Å². The first-order valence-electron chi connectivity index (χ1n) is 8.19. The number of fused-ring (bicyclic) bond motifs is 1. The molecule has 26 heavy (non-hydrogen) atoms. The van der Waals surface area contributed by atoms with Crippen LogP contribution >= 0.6 is 0 Å². The van der Waals surface area contributed by atoms with E-state index in [1.807, 2.05) is 0 Å². The van der Waals surface area contributed by atoms with Crippen molar-refractivity contribution >= 4 is 16.9 Å². The highest BCUT2D eigenvalue weighted by atomic mass is 19.4. The fourth-order valence-corrected chi connectivity index (χ4v) is 2.75. The minimum absolute atomic E-state index is 0.0493. The number of hydrogen-bond donors (Lipinski definition) is 1. The van der Waals surface area contributed by atoms with Gasteiger partial charge in [-0.25, -0.2) is 0 Å². The molecule has 1 aliphatic carbocycles. The zero-order chi connectivity index (χ0) is 18.3. The van der Waals surface area contributed by atoms with Gasteiger partial charge in [0, 0.05) is 17.8 Å². The number of alkyl halides is 3. The van der Waals surface area contributed by atoms with Gasteiger partial charge in [-0.3, -0.25) is 14.5 Å². The van der Waals surface area contributed by atoms with Crippen LogP contribution in [-0.4, -0.2) is 26.7 Å². The molecule has 0 radical (unpaired) electrons. The molecule has 0 unspecified atom stereocenters. The maximum Gasteiger partial charge on any atom is 0.416 e. The van der Waals surface area contributed by atoms with Crippen LogP contribution in [0.15, 0.2) is 42.7 Å². The average molecular weight is 360 g/mol. The van der Waals surface area contributed by atoms with Crippen LogP contribution in [0.4, 0.5) is 13.2 Å². The summed E-state index contributed by atoms with van der Waals surface area (Å²) in [5, 5.41) is 7.05. The van der Waals surface area contributed by atoms with Crippen molar-refractivity contribution < 1.29 is 18.0 Å². The van der Waals surface area contributed by atoms with Gasteiger partial charge in [-0.15, -0.1) is 0 Å². The molecule has 4 rings (SSSR count). The molecule has 1 N–H and O–H groups in total. The molecule has 0 atom stereocenters. The molecule has 5 nitrogen and oxygen atoms in total. The molecule has 0 bridgehead atoms. The van der Waals surface area contributed by atoms with E-state index in [1.165, 1.54) is 23.1 Å². The average Bonchev–Trinajstić information content (AvgIpc) is 3.33. The van der Waals surface area contributed by atoms with Gasteiger partial charge in [0.1, 0.15) is 12.1 Å². The molecule has 134 valence electrons. The third-order valence-corrected chi connectivity index (χ3v) is 4.25. The molecule has 1 aliphatic rings. The Balaban J connectivity index is 1.66. The van der Waals surface area contributed by atoms with Crippen molar-refractivity contribution in [1.82, 2.24) is 20.1 Å². The minimum atomic E-state index is -4.41. The summed E-state index contributed by atoms with van der Waals surface area (Å²) in [6, 6.07) is 7.03. The Hall–Kier alpha value is -2.90. The van der Waals surface area contributed by atoms with Crippen molar-refractivity contribution in [3.63, 3.8) is 0 Å². The molecule has 2 aromatic heterocycles. The largest absolute Gasteiger partial charge is 0.416 e. The predicted molar refractivity (Wildman–Crippen MR) is 89.1 cm³/mol. The monoisotopic (exact) mass is 360 g/mol. The van der Waals surface area contributed by atoms with Gasteiger partial charge in [0.05, 0.1) is 17.3 Å². The van der Waals surface area contributed by atoms with Crippen LogP contribution in [0.2, 0.25) is 0 Å². The highest BCUT2D eigenvalue weighted by Crippen LogP contribution is 2.32. The Kier molecular flexibility index (Phi) is 3.90. The van der Waals surface area contributed by atoms with Gasteiger partial charge < -0.3 is 5.32 Å². The van der Waals surface area contributed by atoms with Crippen molar-refractivity contribution in [2.24, 2.45) is 0 Å². The lowest BCUT2D eigenvalue weighted by Gasteiger charge is -2.09. The number of carbonyl (C=O) groups excluding carboxylic acids is 1. The van der Waals surface area contributed by atoms with Crippen LogP contribution in [0.25, 0.3) is 22.2 Å². The second-order valence-electron chi connectivity index (χ2n) is 6.35. The fourth-order valence-electron chi connectivity index (χ4n) is 2.75. The summed E-state index contributed by atoms with van der Waals surface area (Å²) in [7, 11) is 0. The van der Waals surface area contributed by atoms with E-state index in [0.717, 1.165) is 25.0 Å². The quantitative estimate of drug-likeness (QED) is 0.776. The summed E-state index contributed by atoms with van der Waals surface area (Å²) in [5.41, 5.74) is 1.41. The molecule has 0 saturated heterocycles. The molecule has 1 aromatic carbocycles. The molecule has 1 amide bonds. The third-order valence-electron chi connectivity index (χ3n) is 4.25. The topological polar surface area (TPSA) is 59.8 Å². The van der Waals surface area contributed by atoms with Crippen LogP contribution in [0.5, 0.6) is 0 Å². The lowest BCUT2D eigenvalue weighted by atomic mass is 10.0. The second kappa shape index (κ2) is 6.12. The van der Waals surface area contributed by atoms with E-state index >= 15 is 0 Å². The summed E-state index contributed by atoms with van der Waals surface area (Å²) in [4.78, 5) is 16.3. The van der Waals surface area contributed by atoms with Gasteiger partial charge >= 0.3 is 6.18 Å². The summed E-state index contributed by atoms with van der Waals surface area (Å²) in [6.45, 7) is 0.0493. The molecule has 0 spiro atoms. The van der Waals surface area contributed by atoms with Crippen molar-refractivity contribution in [3.8, 4) is 11.1 Å². The lowest BCUT2D eigenvalue weighted by molar-refractivity contribution is -0.137. The fraction of sp³-hybridized carbons (Fsp3) is 0.278. The number of amides is 1. The normalized spacial score (nSPS) is 14.6. The highest BCUT2D eigenvalue weighted by Gasteiger charge is 2.30. The number of benzene rings is 1. The van der Waals surface area contributed by atoms with Gasteiger partial charge in [-0.05, 0) is 36.6 Å². The van der Waals surface area contributed by atoms with E-state index in [2.05, 4.69) is 15.4 Å². The zero-order valence-electron chi connectivity index (χ0n) is 13.6. The first-order valence-corrected chi connectivity index (χ1v) is 8.19. The Morgan fingerprint density at radius 3 is 2.73 bits per heavy atom. The van der Waals surface area contributed by atoms with E-state index in [9.17, 15) is 18.0 Å². The maximum atomic E-state index is 12.9. The maximum absolute atomic E-state index is 12.9. The number of halogens is 3. The van der Waals surface area contributed by atoms with Crippen LogP contribution in [-0.2, 0) is 17.5 Å². The van der Waals surface area contributed by atoms with Crippen LogP contribution in [0, 0.1) is 0 Å². The number of aromatic nitrogens is 3. The highest BCUT2D eigenvalue weighted by molar-refractivity contribution is 5.83. The molecule has 8 heteroatoms. The molecule has 1 saturated carbocycles. The smallest absolute Gasteiger partial charge is 0.352 e. The van der Waals surface area contributed by atoms with Gasteiger partial charge in [-0.1, -0.05) is 12.1 Å². The number of nitrogens with zero attached hydrogens (tertiary/aromatic N) is 3. The van der Waals surface area contributed by atoms with Gasteiger partial charge in [-0.2, -0.15) is 18.3 Å². The second-order valence-corrected chi connectivity index (χ2v) is 6.35. The van der Waals surface area contributed by atoms with E-state index < -0.39 is 11.7 Å². The van der Waals surface area contributed by atoms with Gasteiger partial charge in [0.15, 0.2) is 0 Å². The summed E-state index contributed by atoms with van der Waals surface area (Å²) < 4.78 is 40.3. The number of hydrogen-bond acceptors (Lipinski definition) is 3. The number of rotatable bonds is 4. The van der Waals surface area contributed by atoms with Crippen molar-refractivity contribution in [1.29, 1.82) is 0 Å². The molecule has 1 fully saturated rings. The lowest BCUT2D eigenvalue weighted by Crippen LogP contribution is -2.29. The van der Waals surface area contributed by atoms with Gasteiger partial charge in [0.2, 0.25) is 5.91 Å². The number of nitrogens with one attached hydrogen (secondary N) is 1. The Bertz CT molecular complexity index is 976. The van der Waals surface area contributed by atoms with Gasteiger partial charge in [0.25, 0.3) is 0 Å². The van der Waals surface area contributed by atoms with Crippen molar-refractivity contribution in [2.75, 3.05) is 0 Å². The Morgan fingerprint density at radius 1 is 1.19 bits per heavy atom. The van der Waals surface area contributed by atoms with Crippen LogP contribution in [0.3, 0.4) is 0 Å². The van der Waals surface area contributed by atoms with E-state index in [-0.39, 0.29) is 18.5 Å². The molecule has 0 aliphatic heterocycles. The SMILES string of the molecule is O=C(Cn1ncc2ncc(-c3cccc(C(F)(F)F)c3)cc21)NC1CC1. The molecule has 3 aromatic rings. The van der Waals surface area contributed by atoms with E-state index in [1.54, 1.807) is 12.1 Å². The predicted octanol–water partition coefficient (Wildman–Crippen LogP) is 3.40. The van der Waals surface area contributed by atoms with Crippen molar-refractivity contribution in [3.05, 3.63) is 48.3 Å². The summed E-state index contributed by atoms with van der Waals surface area (Å²) in [6.07, 6.45) is 0.625. The first-order chi connectivity index (χ1) is 12.4. The molecular weight excluding hydrogens is 345 g/mol. The summed E-state index contributed by atoms with van der Waals surface area (Å²) in [5.74, 6) is -0.137. The number of carbonyl (C=O) groups is 1. The number of pyridine rings is 1. The standard InChI is InChI=1S/C18H15F3N4O/c19-18(20,21)13-3-1-2-11(6-13)12-7-16-15(22-8-12)9-23-25(16)10-17(26)24-14-4-5-14/h1-3,6-9,14H,4-5,10H2,(H,24,26). The third kappa shape index (κ3) is 3.40.